The third-order valence-corrected chi connectivity index (χ3v) is 3.48. The molecular weight excluding hydrogens is 230 g/mol. The van der Waals surface area contributed by atoms with Gasteiger partial charge >= 0.3 is 0 Å². The molecule has 2 rings (SSSR count). The van der Waals surface area contributed by atoms with Crippen LogP contribution in [-0.2, 0) is 0 Å². The molecule has 100 valence electrons. The Bertz CT molecular complexity index is 387. The SMILES string of the molecule is CCOc1c(O)cccc1N1CCC(CO)CC1. The Morgan fingerprint density at radius 1 is 1.33 bits per heavy atom. The van der Waals surface area contributed by atoms with Gasteiger partial charge in [-0.2, -0.15) is 0 Å². The van der Waals surface area contributed by atoms with E-state index >= 15 is 0 Å². The number of para-hydroxylation sites is 1. The Balaban J connectivity index is 2.15. The number of aliphatic hydroxyl groups excluding tert-OH is 1. The maximum absolute atomic E-state index is 9.86. The quantitative estimate of drug-likeness (QED) is 0.859. The summed E-state index contributed by atoms with van der Waals surface area (Å²) in [6, 6.07) is 5.46. The number of rotatable bonds is 4. The number of phenols is 1. The van der Waals surface area contributed by atoms with Gasteiger partial charge in [0.15, 0.2) is 11.5 Å². The van der Waals surface area contributed by atoms with Crippen LogP contribution in [0.2, 0.25) is 0 Å². The van der Waals surface area contributed by atoms with Crippen LogP contribution in [0.1, 0.15) is 19.8 Å². The van der Waals surface area contributed by atoms with E-state index in [-0.39, 0.29) is 12.4 Å². The summed E-state index contributed by atoms with van der Waals surface area (Å²) in [6.45, 7) is 4.52. The largest absolute Gasteiger partial charge is 0.504 e. The lowest BCUT2D eigenvalue weighted by molar-refractivity contribution is 0.202. The highest BCUT2D eigenvalue weighted by Gasteiger charge is 2.22. The number of benzene rings is 1. The molecule has 0 aromatic heterocycles. The van der Waals surface area contributed by atoms with E-state index in [1.807, 2.05) is 19.1 Å². The summed E-state index contributed by atoms with van der Waals surface area (Å²) >= 11 is 0. The van der Waals surface area contributed by atoms with Gasteiger partial charge in [-0.15, -0.1) is 0 Å². The van der Waals surface area contributed by atoms with Crippen molar-refractivity contribution in [2.24, 2.45) is 5.92 Å². The van der Waals surface area contributed by atoms with Crippen LogP contribution in [-0.4, -0.2) is 36.5 Å². The van der Waals surface area contributed by atoms with Gasteiger partial charge in [-0.25, -0.2) is 0 Å². The van der Waals surface area contributed by atoms with Gasteiger partial charge in [0.05, 0.1) is 12.3 Å². The molecule has 1 aliphatic rings. The number of phenolic OH excluding ortho intramolecular Hbond substituents is 1. The lowest BCUT2D eigenvalue weighted by Gasteiger charge is -2.33. The van der Waals surface area contributed by atoms with Gasteiger partial charge in [0.25, 0.3) is 0 Å². The minimum absolute atomic E-state index is 0.193. The maximum atomic E-state index is 9.86. The Labute approximate surface area is 108 Å². The highest BCUT2D eigenvalue weighted by molar-refractivity contribution is 5.64. The van der Waals surface area contributed by atoms with Crippen molar-refractivity contribution in [2.75, 3.05) is 31.2 Å². The topological polar surface area (TPSA) is 52.9 Å². The molecule has 1 aromatic rings. The van der Waals surface area contributed by atoms with Gasteiger partial charge in [0.1, 0.15) is 0 Å². The molecule has 0 amide bonds. The standard InChI is InChI=1S/C14H21NO3/c1-2-18-14-12(4-3-5-13(14)17)15-8-6-11(10-16)7-9-15/h3-5,11,16-17H,2,6-10H2,1H3. The molecule has 0 saturated carbocycles. The molecule has 0 spiro atoms. The molecule has 0 atom stereocenters. The number of nitrogens with zero attached hydrogens (tertiary/aromatic N) is 1. The summed E-state index contributed by atoms with van der Waals surface area (Å²) in [6.07, 6.45) is 1.97. The lowest BCUT2D eigenvalue weighted by Crippen LogP contribution is -2.34. The predicted molar refractivity (Wildman–Crippen MR) is 71.3 cm³/mol. The van der Waals surface area contributed by atoms with Crippen molar-refractivity contribution in [1.82, 2.24) is 0 Å². The average molecular weight is 251 g/mol. The van der Waals surface area contributed by atoms with Crippen LogP contribution < -0.4 is 9.64 Å². The van der Waals surface area contributed by atoms with Gasteiger partial charge < -0.3 is 19.8 Å². The van der Waals surface area contributed by atoms with Crippen LogP contribution in [0, 0.1) is 5.92 Å². The number of hydrogen-bond acceptors (Lipinski definition) is 4. The van der Waals surface area contributed by atoms with E-state index in [0.29, 0.717) is 18.3 Å². The predicted octanol–water partition coefficient (Wildman–Crippen LogP) is 2.00. The number of ether oxygens (including phenoxy) is 1. The van der Waals surface area contributed by atoms with Crippen molar-refractivity contribution in [3.05, 3.63) is 18.2 Å². The Morgan fingerprint density at radius 3 is 2.67 bits per heavy atom. The number of anilines is 1. The molecule has 0 aliphatic carbocycles. The van der Waals surface area contributed by atoms with E-state index in [4.69, 9.17) is 9.84 Å². The lowest BCUT2D eigenvalue weighted by atomic mass is 9.97. The van der Waals surface area contributed by atoms with Crippen molar-refractivity contribution < 1.29 is 14.9 Å². The monoisotopic (exact) mass is 251 g/mol. The van der Waals surface area contributed by atoms with Gasteiger partial charge in [-0.3, -0.25) is 0 Å². The van der Waals surface area contributed by atoms with E-state index in [1.165, 1.54) is 0 Å². The number of aromatic hydroxyl groups is 1. The first-order valence-electron chi connectivity index (χ1n) is 6.56. The van der Waals surface area contributed by atoms with E-state index < -0.39 is 0 Å². The van der Waals surface area contributed by atoms with Crippen LogP contribution in [0.25, 0.3) is 0 Å². The summed E-state index contributed by atoms with van der Waals surface area (Å²) in [5.74, 6) is 1.18. The number of piperidine rings is 1. The van der Waals surface area contributed by atoms with E-state index in [2.05, 4.69) is 4.90 Å². The van der Waals surface area contributed by atoms with E-state index in [0.717, 1.165) is 31.6 Å². The number of hydrogen-bond donors (Lipinski definition) is 2. The third-order valence-electron chi connectivity index (χ3n) is 3.48. The molecule has 1 saturated heterocycles. The van der Waals surface area contributed by atoms with Crippen molar-refractivity contribution >= 4 is 5.69 Å². The fraction of sp³-hybridized carbons (Fsp3) is 0.571. The van der Waals surface area contributed by atoms with Crippen molar-refractivity contribution in [1.29, 1.82) is 0 Å². The second kappa shape index (κ2) is 5.96. The van der Waals surface area contributed by atoms with Crippen LogP contribution in [0.15, 0.2) is 18.2 Å². The molecule has 0 bridgehead atoms. The van der Waals surface area contributed by atoms with Crippen LogP contribution in [0.3, 0.4) is 0 Å². The summed E-state index contributed by atoms with van der Waals surface area (Å²) in [7, 11) is 0. The molecule has 18 heavy (non-hydrogen) atoms. The fourth-order valence-electron chi connectivity index (χ4n) is 2.41. The van der Waals surface area contributed by atoms with Crippen LogP contribution >= 0.6 is 0 Å². The highest BCUT2D eigenvalue weighted by Crippen LogP contribution is 2.38. The maximum Gasteiger partial charge on any atom is 0.184 e. The van der Waals surface area contributed by atoms with E-state index in [9.17, 15) is 5.11 Å². The second-order valence-corrected chi connectivity index (χ2v) is 4.67. The smallest absolute Gasteiger partial charge is 0.184 e. The van der Waals surface area contributed by atoms with Crippen LogP contribution in [0.4, 0.5) is 5.69 Å². The molecule has 4 heteroatoms. The zero-order chi connectivity index (χ0) is 13.0. The normalized spacial score (nSPS) is 16.9. The minimum atomic E-state index is 0.193. The second-order valence-electron chi connectivity index (χ2n) is 4.67. The minimum Gasteiger partial charge on any atom is -0.504 e. The van der Waals surface area contributed by atoms with Crippen LogP contribution in [0.5, 0.6) is 11.5 Å². The first-order valence-corrected chi connectivity index (χ1v) is 6.56. The molecule has 1 fully saturated rings. The van der Waals surface area contributed by atoms with Gasteiger partial charge in [-0.05, 0) is 37.8 Å². The molecule has 2 N–H and O–H groups in total. The molecule has 0 unspecified atom stereocenters. The summed E-state index contributed by atoms with van der Waals surface area (Å²) < 4.78 is 5.53. The van der Waals surface area contributed by atoms with Gasteiger partial charge in [-0.1, -0.05) is 6.07 Å². The Morgan fingerprint density at radius 2 is 2.06 bits per heavy atom. The Kier molecular flexibility index (Phi) is 4.31. The van der Waals surface area contributed by atoms with Crippen molar-refractivity contribution in [3.63, 3.8) is 0 Å². The van der Waals surface area contributed by atoms with Crippen molar-refractivity contribution in [2.45, 2.75) is 19.8 Å². The molecule has 4 nitrogen and oxygen atoms in total. The van der Waals surface area contributed by atoms with Gasteiger partial charge in [0, 0.05) is 19.7 Å². The number of aliphatic hydroxyl groups is 1. The molecule has 1 heterocycles. The van der Waals surface area contributed by atoms with Gasteiger partial charge in [0.2, 0.25) is 0 Å². The summed E-state index contributed by atoms with van der Waals surface area (Å²) in [4.78, 5) is 2.22. The molecule has 0 radical (unpaired) electrons. The first kappa shape index (κ1) is 13.0. The molecular formula is C14H21NO3. The fourth-order valence-corrected chi connectivity index (χ4v) is 2.41. The molecule has 1 aliphatic heterocycles. The zero-order valence-corrected chi connectivity index (χ0v) is 10.8. The van der Waals surface area contributed by atoms with E-state index in [1.54, 1.807) is 6.07 Å². The Hall–Kier alpha value is -1.42. The third kappa shape index (κ3) is 2.70. The zero-order valence-electron chi connectivity index (χ0n) is 10.8. The molecule has 1 aromatic carbocycles. The van der Waals surface area contributed by atoms with Crippen molar-refractivity contribution in [3.8, 4) is 11.5 Å². The summed E-state index contributed by atoms with van der Waals surface area (Å²) in [5.41, 5.74) is 0.952. The average Bonchev–Trinajstić information content (AvgIpc) is 2.41. The summed E-state index contributed by atoms with van der Waals surface area (Å²) in [5, 5.41) is 19.0. The first-order chi connectivity index (χ1) is 8.76. The highest BCUT2D eigenvalue weighted by atomic mass is 16.5.